The number of hydrogen-bond donors (Lipinski definition) is 1. The first-order valence-corrected chi connectivity index (χ1v) is 13.5. The number of unbranched alkanes of at least 4 members (excludes halogenated alkanes) is 1. The summed E-state index contributed by atoms with van der Waals surface area (Å²) in [6.07, 6.45) is 11.2. The van der Waals surface area contributed by atoms with Crippen LogP contribution in [0.25, 0.3) is 0 Å². The van der Waals surface area contributed by atoms with Crippen molar-refractivity contribution < 1.29 is 24.2 Å². The van der Waals surface area contributed by atoms with E-state index in [1.807, 2.05) is 0 Å². The highest BCUT2D eigenvalue weighted by Crippen LogP contribution is 2.68. The summed E-state index contributed by atoms with van der Waals surface area (Å²) in [5.41, 5.74) is 0.455. The molecule has 4 aliphatic carbocycles. The molecule has 0 aromatic heterocycles. The summed E-state index contributed by atoms with van der Waals surface area (Å²) < 4.78 is 6.03. The molecule has 4 rings (SSSR count). The molecule has 186 valence electrons. The fourth-order valence-corrected chi connectivity index (χ4v) is 9.24. The minimum Gasteiger partial charge on any atom is -0.481 e. The number of hydrogen-bond acceptors (Lipinski definition) is 4. The van der Waals surface area contributed by atoms with Gasteiger partial charge in [0.2, 0.25) is 0 Å². The number of Topliss-reactive ketones (excluding diaryl/α,β-unsaturated/α-hetero) is 1. The molecule has 0 aliphatic heterocycles. The largest absolute Gasteiger partial charge is 0.481 e. The third-order valence-corrected chi connectivity index (χ3v) is 10.9. The molecular formula is C28H44O5. The molecule has 5 heteroatoms. The Hall–Kier alpha value is -1.39. The maximum atomic E-state index is 12.3. The lowest BCUT2D eigenvalue weighted by atomic mass is 9.43. The third kappa shape index (κ3) is 4.50. The van der Waals surface area contributed by atoms with Gasteiger partial charge in [-0.1, -0.05) is 33.6 Å². The Balaban J connectivity index is 1.54. The van der Waals surface area contributed by atoms with Gasteiger partial charge >= 0.3 is 11.9 Å². The van der Waals surface area contributed by atoms with Gasteiger partial charge in [-0.25, -0.2) is 0 Å². The number of aliphatic carboxylic acids is 1. The molecule has 4 fully saturated rings. The predicted molar refractivity (Wildman–Crippen MR) is 126 cm³/mol. The number of carboxylic acid groups (broad SMARTS) is 1. The van der Waals surface area contributed by atoms with E-state index in [1.54, 1.807) is 0 Å². The van der Waals surface area contributed by atoms with Gasteiger partial charge in [-0.05, 0) is 85.4 Å². The van der Waals surface area contributed by atoms with Crippen LogP contribution in [0.2, 0.25) is 0 Å². The van der Waals surface area contributed by atoms with E-state index < -0.39 is 5.97 Å². The van der Waals surface area contributed by atoms with Crippen LogP contribution < -0.4 is 0 Å². The summed E-state index contributed by atoms with van der Waals surface area (Å²) in [4.78, 5) is 35.3. The topological polar surface area (TPSA) is 80.7 Å². The lowest BCUT2D eigenvalue weighted by molar-refractivity contribution is -0.189. The van der Waals surface area contributed by atoms with E-state index in [0.717, 1.165) is 32.1 Å². The smallest absolute Gasteiger partial charge is 0.303 e. The zero-order valence-electron chi connectivity index (χ0n) is 21.1. The van der Waals surface area contributed by atoms with Crippen molar-refractivity contribution in [1.29, 1.82) is 0 Å². The molecule has 4 aliphatic rings. The number of ketones is 1. The molecular weight excluding hydrogens is 416 g/mol. The van der Waals surface area contributed by atoms with Crippen LogP contribution in [-0.4, -0.2) is 28.9 Å². The standard InChI is InChI=1S/C28H44O5/c1-17(7-5-6-8-25(31)32)21-9-10-22-26-23(12-14-28(21,22)4)27(3)13-11-20(30)15-19(27)16-24(26)33-18(2)29/h17,19,21-24,26H,5-16H2,1-4H3,(H,31,32)/t17-,19+,21-,22+,23+,24-,26+,27+,28-/m1/s1. The highest BCUT2D eigenvalue weighted by Gasteiger charge is 2.63. The van der Waals surface area contributed by atoms with E-state index in [9.17, 15) is 14.4 Å². The van der Waals surface area contributed by atoms with E-state index in [2.05, 4.69) is 20.8 Å². The maximum Gasteiger partial charge on any atom is 0.303 e. The van der Waals surface area contributed by atoms with E-state index in [0.29, 0.717) is 54.1 Å². The van der Waals surface area contributed by atoms with Crippen LogP contribution >= 0.6 is 0 Å². The lowest BCUT2D eigenvalue weighted by Crippen LogP contribution is -2.59. The van der Waals surface area contributed by atoms with Gasteiger partial charge in [-0.15, -0.1) is 0 Å². The fraction of sp³-hybridized carbons (Fsp3) is 0.893. The quantitative estimate of drug-likeness (QED) is 0.370. The Morgan fingerprint density at radius 2 is 1.82 bits per heavy atom. The summed E-state index contributed by atoms with van der Waals surface area (Å²) >= 11 is 0. The van der Waals surface area contributed by atoms with Crippen molar-refractivity contribution in [2.45, 2.75) is 111 Å². The second-order valence-corrected chi connectivity index (χ2v) is 12.5. The van der Waals surface area contributed by atoms with Crippen LogP contribution in [0.1, 0.15) is 105 Å². The van der Waals surface area contributed by atoms with Gasteiger partial charge in [-0.2, -0.15) is 0 Å². The number of fused-ring (bicyclic) bond motifs is 5. The summed E-state index contributed by atoms with van der Waals surface area (Å²) in [6.45, 7) is 8.85. The molecule has 0 amide bonds. The van der Waals surface area contributed by atoms with E-state index in [-0.39, 0.29) is 29.3 Å². The minimum absolute atomic E-state index is 0.0503. The summed E-state index contributed by atoms with van der Waals surface area (Å²) in [6, 6.07) is 0. The van der Waals surface area contributed by atoms with Crippen LogP contribution in [0.3, 0.4) is 0 Å². The molecule has 33 heavy (non-hydrogen) atoms. The molecule has 0 bridgehead atoms. The van der Waals surface area contributed by atoms with Gasteiger partial charge in [0.1, 0.15) is 11.9 Å². The van der Waals surface area contributed by atoms with Crippen LogP contribution in [0.15, 0.2) is 0 Å². The molecule has 4 saturated carbocycles. The second-order valence-electron chi connectivity index (χ2n) is 12.5. The van der Waals surface area contributed by atoms with Crippen LogP contribution in [0.4, 0.5) is 0 Å². The van der Waals surface area contributed by atoms with Crippen molar-refractivity contribution in [3.63, 3.8) is 0 Å². The molecule has 9 atom stereocenters. The molecule has 0 aromatic rings. The summed E-state index contributed by atoms with van der Waals surface area (Å²) in [5, 5.41) is 8.95. The van der Waals surface area contributed by atoms with E-state index in [4.69, 9.17) is 9.84 Å². The van der Waals surface area contributed by atoms with Crippen molar-refractivity contribution in [3.05, 3.63) is 0 Å². The molecule has 0 saturated heterocycles. The first-order valence-electron chi connectivity index (χ1n) is 13.5. The average molecular weight is 461 g/mol. The zero-order valence-corrected chi connectivity index (χ0v) is 21.1. The Bertz CT molecular complexity index is 776. The molecule has 0 heterocycles. The first-order chi connectivity index (χ1) is 15.6. The Labute approximate surface area is 199 Å². The van der Waals surface area contributed by atoms with E-state index >= 15 is 0 Å². The van der Waals surface area contributed by atoms with Gasteiger partial charge in [0.15, 0.2) is 0 Å². The number of rotatable bonds is 7. The Kier molecular flexibility index (Phi) is 7.00. The highest BCUT2D eigenvalue weighted by atomic mass is 16.5. The number of carbonyl (C=O) groups is 3. The molecule has 1 N–H and O–H groups in total. The summed E-state index contributed by atoms with van der Waals surface area (Å²) in [7, 11) is 0. The Morgan fingerprint density at radius 1 is 1.09 bits per heavy atom. The highest BCUT2D eigenvalue weighted by molar-refractivity contribution is 5.79. The number of carbonyl (C=O) groups excluding carboxylic acids is 2. The first kappa shape index (κ1) is 24.7. The Morgan fingerprint density at radius 3 is 2.52 bits per heavy atom. The van der Waals surface area contributed by atoms with Gasteiger partial charge in [0, 0.05) is 32.1 Å². The predicted octanol–water partition coefficient (Wildman–Crippen LogP) is 6.04. The zero-order chi connectivity index (χ0) is 24.0. The number of carboxylic acids is 1. The van der Waals surface area contributed by atoms with Crippen molar-refractivity contribution >= 4 is 17.7 Å². The molecule has 0 spiro atoms. The summed E-state index contributed by atoms with van der Waals surface area (Å²) in [5.74, 6) is 2.62. The van der Waals surface area contributed by atoms with Gasteiger partial charge in [-0.3, -0.25) is 14.4 Å². The third-order valence-electron chi connectivity index (χ3n) is 10.9. The van der Waals surface area contributed by atoms with Crippen molar-refractivity contribution in [2.75, 3.05) is 0 Å². The van der Waals surface area contributed by atoms with E-state index in [1.165, 1.54) is 32.6 Å². The monoisotopic (exact) mass is 460 g/mol. The van der Waals surface area contributed by atoms with Crippen molar-refractivity contribution in [2.24, 2.45) is 46.3 Å². The van der Waals surface area contributed by atoms with Crippen molar-refractivity contribution in [1.82, 2.24) is 0 Å². The van der Waals surface area contributed by atoms with Crippen molar-refractivity contribution in [3.8, 4) is 0 Å². The van der Waals surface area contributed by atoms with Crippen LogP contribution in [0, 0.1) is 46.3 Å². The normalized spacial score (nSPS) is 43.2. The molecule has 0 unspecified atom stereocenters. The van der Waals surface area contributed by atoms with Crippen LogP contribution in [-0.2, 0) is 19.1 Å². The second kappa shape index (κ2) is 9.34. The number of esters is 1. The van der Waals surface area contributed by atoms with Gasteiger partial charge in [0.25, 0.3) is 0 Å². The average Bonchev–Trinajstić information content (AvgIpc) is 3.09. The number of ether oxygens (including phenoxy) is 1. The molecule has 0 radical (unpaired) electrons. The molecule has 0 aromatic carbocycles. The molecule has 5 nitrogen and oxygen atoms in total. The lowest BCUT2D eigenvalue weighted by Gasteiger charge is -2.62. The maximum absolute atomic E-state index is 12.3. The SMILES string of the molecule is CC(=O)O[C@@H]1C[C@@H]2CC(=O)CC[C@]2(C)[C@H]2CC[C@]3(C)[C@@H]([C@H](C)CCCCC(=O)O)CC[C@H]3[C@H]12. The van der Waals surface area contributed by atoms with Gasteiger partial charge in [0.05, 0.1) is 0 Å². The minimum atomic E-state index is -0.695. The van der Waals surface area contributed by atoms with Crippen LogP contribution in [0.5, 0.6) is 0 Å². The van der Waals surface area contributed by atoms with Gasteiger partial charge < -0.3 is 9.84 Å². The fourth-order valence-electron chi connectivity index (χ4n) is 9.24.